The molecule has 23 heavy (non-hydrogen) atoms. The summed E-state index contributed by atoms with van der Waals surface area (Å²) >= 11 is 0. The maximum absolute atomic E-state index is 11.7. The van der Waals surface area contributed by atoms with E-state index in [1.54, 1.807) is 0 Å². The second kappa shape index (κ2) is 10.5. The highest BCUT2D eigenvalue weighted by molar-refractivity contribution is 5.73. The Morgan fingerprint density at radius 2 is 1.52 bits per heavy atom. The molecule has 1 aliphatic rings. The molecule has 128 valence electrons. The van der Waals surface area contributed by atoms with Crippen molar-refractivity contribution in [2.45, 2.75) is 89.6 Å². The van der Waals surface area contributed by atoms with Crippen LogP contribution in [0.5, 0.6) is 0 Å². The molecule has 0 N–H and O–H groups in total. The van der Waals surface area contributed by atoms with Crippen molar-refractivity contribution < 1.29 is 9.53 Å². The minimum absolute atomic E-state index is 0.0280. The molecule has 2 heteroatoms. The molecular weight excluding hydrogens is 284 g/mol. The average molecular weight is 316 g/mol. The van der Waals surface area contributed by atoms with Crippen LogP contribution in [0.15, 0.2) is 30.3 Å². The van der Waals surface area contributed by atoms with Crippen molar-refractivity contribution in [2.75, 3.05) is 0 Å². The first-order valence-corrected chi connectivity index (χ1v) is 9.55. The van der Waals surface area contributed by atoms with Gasteiger partial charge in [0, 0.05) is 5.92 Å². The first kappa shape index (κ1) is 18.0. The van der Waals surface area contributed by atoms with Crippen molar-refractivity contribution in [2.24, 2.45) is 0 Å². The summed E-state index contributed by atoms with van der Waals surface area (Å²) < 4.78 is 5.56. The minimum atomic E-state index is -0.0280. The van der Waals surface area contributed by atoms with E-state index in [1.807, 2.05) is 18.2 Å². The zero-order valence-electron chi connectivity index (χ0n) is 14.6. The lowest BCUT2D eigenvalue weighted by Gasteiger charge is -2.17. The van der Waals surface area contributed by atoms with Gasteiger partial charge in [0.05, 0.1) is 6.42 Å². The molecule has 1 saturated heterocycles. The second-order valence-electron chi connectivity index (χ2n) is 6.87. The van der Waals surface area contributed by atoms with Crippen molar-refractivity contribution in [3.05, 3.63) is 35.9 Å². The average Bonchev–Trinajstić information content (AvgIpc) is 2.95. The fourth-order valence-electron chi connectivity index (χ4n) is 3.56. The molecule has 0 unspecified atom stereocenters. The molecule has 1 heterocycles. The number of carbonyl (C=O) groups excluding carboxylic acids is 1. The summed E-state index contributed by atoms with van der Waals surface area (Å²) in [6.07, 6.45) is 13.7. The second-order valence-corrected chi connectivity index (χ2v) is 6.87. The lowest BCUT2D eigenvalue weighted by atomic mass is 9.89. The number of hydrogen-bond donors (Lipinski definition) is 0. The Bertz CT molecular complexity index is 440. The van der Waals surface area contributed by atoms with Gasteiger partial charge in [0.2, 0.25) is 0 Å². The van der Waals surface area contributed by atoms with E-state index < -0.39 is 0 Å². The molecule has 1 aromatic carbocycles. The fourth-order valence-corrected chi connectivity index (χ4v) is 3.56. The van der Waals surface area contributed by atoms with E-state index in [-0.39, 0.29) is 18.0 Å². The lowest BCUT2D eigenvalue weighted by Crippen LogP contribution is -2.14. The number of benzene rings is 1. The predicted octanol–water partition coefficient (Wildman–Crippen LogP) is 6.01. The van der Waals surface area contributed by atoms with E-state index in [1.165, 1.54) is 63.4 Å². The normalized spacial score (nSPS) is 20.7. The number of carbonyl (C=O) groups is 1. The van der Waals surface area contributed by atoms with E-state index in [4.69, 9.17) is 4.74 Å². The van der Waals surface area contributed by atoms with Gasteiger partial charge in [0.25, 0.3) is 0 Å². The van der Waals surface area contributed by atoms with Crippen molar-refractivity contribution in [3.8, 4) is 0 Å². The molecule has 0 bridgehead atoms. The lowest BCUT2D eigenvalue weighted by molar-refractivity contribution is -0.141. The zero-order chi connectivity index (χ0) is 16.3. The summed E-state index contributed by atoms with van der Waals surface area (Å²) in [5.74, 6) is 0.234. The number of unbranched alkanes of at least 4 members (excludes halogenated alkanes) is 8. The fraction of sp³-hybridized carbons (Fsp3) is 0.667. The Kier molecular flexibility index (Phi) is 8.20. The highest BCUT2D eigenvalue weighted by Crippen LogP contribution is 2.34. The van der Waals surface area contributed by atoms with Crippen LogP contribution in [0.4, 0.5) is 0 Å². The van der Waals surface area contributed by atoms with Crippen LogP contribution in [0.2, 0.25) is 0 Å². The van der Waals surface area contributed by atoms with Crippen molar-refractivity contribution in [3.63, 3.8) is 0 Å². The predicted molar refractivity (Wildman–Crippen MR) is 95.5 cm³/mol. The molecule has 0 spiro atoms. The molecule has 2 rings (SSSR count). The van der Waals surface area contributed by atoms with Gasteiger partial charge in [-0.15, -0.1) is 0 Å². The molecular formula is C21H32O2. The third kappa shape index (κ3) is 6.37. The number of rotatable bonds is 11. The third-order valence-electron chi connectivity index (χ3n) is 4.94. The number of cyclic esters (lactones) is 1. The summed E-state index contributed by atoms with van der Waals surface area (Å²) in [5.41, 5.74) is 1.25. The van der Waals surface area contributed by atoms with Gasteiger partial charge in [-0.25, -0.2) is 0 Å². The quantitative estimate of drug-likeness (QED) is 0.369. The molecule has 0 radical (unpaired) electrons. The molecule has 0 aliphatic carbocycles. The smallest absolute Gasteiger partial charge is 0.306 e. The SMILES string of the molecule is CCCCCCCCCCC[C@H]1OC(=O)C[C@@H]1c1ccccc1. The Morgan fingerprint density at radius 1 is 0.913 bits per heavy atom. The van der Waals surface area contributed by atoms with Crippen LogP contribution in [-0.2, 0) is 9.53 Å². The summed E-state index contributed by atoms with van der Waals surface area (Å²) in [6, 6.07) is 10.4. The summed E-state index contributed by atoms with van der Waals surface area (Å²) in [6.45, 7) is 2.26. The molecule has 1 fully saturated rings. The van der Waals surface area contributed by atoms with Gasteiger partial charge < -0.3 is 4.74 Å². The third-order valence-corrected chi connectivity index (χ3v) is 4.94. The Hall–Kier alpha value is -1.31. The van der Waals surface area contributed by atoms with Crippen molar-refractivity contribution in [1.29, 1.82) is 0 Å². The van der Waals surface area contributed by atoms with Crippen LogP contribution in [0.25, 0.3) is 0 Å². The first-order valence-electron chi connectivity index (χ1n) is 9.55. The standard InChI is InChI=1S/C21H32O2/c1-2-3-4-5-6-7-8-9-13-16-20-19(17-21(22)23-20)18-14-11-10-12-15-18/h10-12,14-15,19-20H,2-9,13,16-17H2,1H3/t19-,20-/m1/s1. The first-order chi connectivity index (χ1) is 11.3. The number of ether oxygens (including phenoxy) is 1. The molecule has 0 saturated carbocycles. The van der Waals surface area contributed by atoms with Crippen molar-refractivity contribution in [1.82, 2.24) is 0 Å². The Balaban J connectivity index is 1.62. The van der Waals surface area contributed by atoms with E-state index in [0.29, 0.717) is 6.42 Å². The largest absolute Gasteiger partial charge is 0.462 e. The van der Waals surface area contributed by atoms with Crippen LogP contribution in [0, 0.1) is 0 Å². The van der Waals surface area contributed by atoms with Crippen molar-refractivity contribution >= 4 is 5.97 Å². The molecule has 1 aromatic rings. The molecule has 0 aromatic heterocycles. The summed E-state index contributed by atoms with van der Waals surface area (Å²) in [7, 11) is 0. The molecule has 2 atom stereocenters. The number of esters is 1. The summed E-state index contributed by atoms with van der Waals surface area (Å²) in [4.78, 5) is 11.7. The zero-order valence-corrected chi connectivity index (χ0v) is 14.6. The monoisotopic (exact) mass is 316 g/mol. The molecule has 0 amide bonds. The van der Waals surface area contributed by atoms with E-state index in [2.05, 4.69) is 19.1 Å². The van der Waals surface area contributed by atoms with Crippen LogP contribution in [0.1, 0.15) is 89.0 Å². The Morgan fingerprint density at radius 3 is 2.17 bits per heavy atom. The van der Waals surface area contributed by atoms with E-state index in [9.17, 15) is 4.79 Å². The van der Waals surface area contributed by atoms with Gasteiger partial charge in [-0.05, 0) is 18.4 Å². The molecule has 1 aliphatic heterocycles. The van der Waals surface area contributed by atoms with Crippen LogP contribution < -0.4 is 0 Å². The van der Waals surface area contributed by atoms with Gasteiger partial charge in [-0.1, -0.05) is 88.6 Å². The van der Waals surface area contributed by atoms with Gasteiger partial charge >= 0.3 is 5.97 Å². The van der Waals surface area contributed by atoms with Crippen LogP contribution >= 0.6 is 0 Å². The molecule has 2 nitrogen and oxygen atoms in total. The maximum Gasteiger partial charge on any atom is 0.306 e. The summed E-state index contributed by atoms with van der Waals surface area (Å²) in [5, 5.41) is 0. The number of hydrogen-bond acceptors (Lipinski definition) is 2. The van der Waals surface area contributed by atoms with Gasteiger partial charge in [-0.2, -0.15) is 0 Å². The van der Waals surface area contributed by atoms with Crippen LogP contribution in [-0.4, -0.2) is 12.1 Å². The topological polar surface area (TPSA) is 26.3 Å². The van der Waals surface area contributed by atoms with Gasteiger partial charge in [-0.3, -0.25) is 4.79 Å². The van der Waals surface area contributed by atoms with Gasteiger partial charge in [0.1, 0.15) is 6.10 Å². The van der Waals surface area contributed by atoms with Gasteiger partial charge in [0.15, 0.2) is 0 Å². The van der Waals surface area contributed by atoms with Crippen LogP contribution in [0.3, 0.4) is 0 Å². The maximum atomic E-state index is 11.7. The highest BCUT2D eigenvalue weighted by atomic mass is 16.5. The highest BCUT2D eigenvalue weighted by Gasteiger charge is 2.35. The Labute approximate surface area is 141 Å². The van der Waals surface area contributed by atoms with E-state index >= 15 is 0 Å². The van der Waals surface area contributed by atoms with E-state index in [0.717, 1.165) is 6.42 Å². The minimum Gasteiger partial charge on any atom is -0.462 e.